The van der Waals surface area contributed by atoms with Gasteiger partial charge in [0, 0.05) is 41.8 Å². The van der Waals surface area contributed by atoms with Gasteiger partial charge in [0.15, 0.2) is 5.78 Å². The fraction of sp³-hybridized carbons (Fsp3) is 0.300. The lowest BCUT2D eigenvalue weighted by molar-refractivity contribution is 0.101. The molecule has 1 fully saturated rings. The Bertz CT molecular complexity index is 780. The summed E-state index contributed by atoms with van der Waals surface area (Å²) in [5.41, 5.74) is 2.62. The van der Waals surface area contributed by atoms with E-state index in [-0.39, 0.29) is 5.78 Å². The molecule has 0 amide bonds. The molecule has 5 heteroatoms. The van der Waals surface area contributed by atoms with E-state index in [9.17, 15) is 4.79 Å². The summed E-state index contributed by atoms with van der Waals surface area (Å²) >= 11 is 1.75. The van der Waals surface area contributed by atoms with Crippen molar-refractivity contribution >= 4 is 23.4 Å². The van der Waals surface area contributed by atoms with E-state index in [1.165, 1.54) is 5.69 Å². The smallest absolute Gasteiger partial charge is 0.159 e. The first kappa shape index (κ1) is 17.5. The normalized spacial score (nSPS) is 18.0. The Morgan fingerprint density at radius 3 is 2.36 bits per heavy atom. The van der Waals surface area contributed by atoms with Gasteiger partial charge in [0.25, 0.3) is 0 Å². The maximum atomic E-state index is 11.4. The summed E-state index contributed by atoms with van der Waals surface area (Å²) in [5, 5.41) is 8.91. The van der Waals surface area contributed by atoms with Crippen LogP contribution in [0.15, 0.2) is 53.4 Å². The molecule has 1 heterocycles. The highest BCUT2D eigenvalue weighted by Gasteiger charge is 2.24. The number of ketones is 1. The summed E-state index contributed by atoms with van der Waals surface area (Å²) in [6.45, 7) is 6.68. The number of hydrogen-bond donors (Lipinski definition) is 0. The average Bonchev–Trinajstić information content (AvgIpc) is 2.64. The highest BCUT2D eigenvalue weighted by Crippen LogP contribution is 2.29. The van der Waals surface area contributed by atoms with Gasteiger partial charge in [0.2, 0.25) is 0 Å². The predicted octanol–water partition coefficient (Wildman–Crippen LogP) is 3.98. The Hall–Kier alpha value is -2.29. The lowest BCUT2D eigenvalue weighted by atomic mass is 10.1. The number of hydrogen-bond acceptors (Lipinski definition) is 5. The van der Waals surface area contributed by atoms with Crippen LogP contribution in [0.25, 0.3) is 0 Å². The Morgan fingerprint density at radius 1 is 1.12 bits per heavy atom. The molecule has 1 atom stereocenters. The van der Waals surface area contributed by atoms with Crippen LogP contribution in [0.3, 0.4) is 0 Å². The van der Waals surface area contributed by atoms with Gasteiger partial charge in [-0.3, -0.25) is 4.79 Å². The van der Waals surface area contributed by atoms with Crippen LogP contribution in [-0.4, -0.2) is 35.8 Å². The summed E-state index contributed by atoms with van der Waals surface area (Å²) in [5.74, 6) is 0.0981. The van der Waals surface area contributed by atoms with Gasteiger partial charge < -0.3 is 4.90 Å². The summed E-state index contributed by atoms with van der Waals surface area (Å²) in [4.78, 5) is 14.9. The molecule has 128 valence electrons. The number of anilines is 1. The average molecular weight is 351 g/mol. The number of piperazine rings is 1. The Balaban J connectivity index is 1.61. The van der Waals surface area contributed by atoms with Crippen molar-refractivity contribution in [2.75, 3.05) is 24.5 Å². The van der Waals surface area contributed by atoms with E-state index in [1.54, 1.807) is 18.9 Å². The van der Waals surface area contributed by atoms with E-state index in [4.69, 9.17) is 5.26 Å². The molecule has 0 N–H and O–H groups in total. The van der Waals surface area contributed by atoms with Gasteiger partial charge in [-0.1, -0.05) is 12.1 Å². The van der Waals surface area contributed by atoms with Gasteiger partial charge in [-0.05, 0) is 62.2 Å². The van der Waals surface area contributed by atoms with Crippen LogP contribution in [0.4, 0.5) is 5.69 Å². The quantitative estimate of drug-likeness (QED) is 0.616. The minimum absolute atomic E-state index is 0.0981. The SMILES string of the molecule is CC(=O)c1ccc(SN2CCN(c3ccc(C#N)cc3)CC2C)cc1. The first-order valence-corrected chi connectivity index (χ1v) is 9.15. The lowest BCUT2D eigenvalue weighted by Crippen LogP contribution is -2.49. The van der Waals surface area contributed by atoms with Crippen LogP contribution in [0, 0.1) is 11.3 Å². The van der Waals surface area contributed by atoms with Gasteiger partial charge in [-0.25, -0.2) is 4.31 Å². The summed E-state index contributed by atoms with van der Waals surface area (Å²) in [6.07, 6.45) is 0. The van der Waals surface area contributed by atoms with E-state index in [2.05, 4.69) is 22.2 Å². The highest BCUT2D eigenvalue weighted by molar-refractivity contribution is 7.97. The van der Waals surface area contributed by atoms with Crippen molar-refractivity contribution in [3.8, 4) is 6.07 Å². The minimum Gasteiger partial charge on any atom is -0.369 e. The Kier molecular flexibility index (Phi) is 5.42. The van der Waals surface area contributed by atoms with Crippen molar-refractivity contribution in [2.45, 2.75) is 24.8 Å². The molecule has 0 spiro atoms. The molecule has 1 aliphatic heterocycles. The van der Waals surface area contributed by atoms with E-state index in [1.807, 2.05) is 48.5 Å². The molecule has 2 aromatic rings. The Morgan fingerprint density at radius 2 is 1.80 bits per heavy atom. The molecule has 3 rings (SSSR count). The van der Waals surface area contributed by atoms with E-state index in [0.717, 1.165) is 30.1 Å². The molecular weight excluding hydrogens is 330 g/mol. The molecule has 4 nitrogen and oxygen atoms in total. The van der Waals surface area contributed by atoms with Gasteiger partial charge in [-0.2, -0.15) is 5.26 Å². The number of nitrogens with zero attached hydrogens (tertiary/aromatic N) is 3. The number of Topliss-reactive ketones (excluding diaryl/α,β-unsaturated/α-hetero) is 1. The number of rotatable bonds is 4. The maximum Gasteiger partial charge on any atom is 0.159 e. The Labute approximate surface area is 153 Å². The molecule has 1 saturated heterocycles. The van der Waals surface area contributed by atoms with Crippen molar-refractivity contribution in [2.24, 2.45) is 0 Å². The number of benzene rings is 2. The zero-order chi connectivity index (χ0) is 17.8. The summed E-state index contributed by atoms with van der Waals surface area (Å²) < 4.78 is 2.39. The second-order valence-electron chi connectivity index (χ2n) is 6.27. The minimum atomic E-state index is 0.0981. The van der Waals surface area contributed by atoms with Crippen LogP contribution < -0.4 is 4.90 Å². The van der Waals surface area contributed by atoms with Crippen molar-refractivity contribution in [1.82, 2.24) is 4.31 Å². The second kappa shape index (κ2) is 7.73. The van der Waals surface area contributed by atoms with Crippen molar-refractivity contribution in [1.29, 1.82) is 5.26 Å². The van der Waals surface area contributed by atoms with E-state index >= 15 is 0 Å². The maximum absolute atomic E-state index is 11.4. The topological polar surface area (TPSA) is 47.3 Å². The highest BCUT2D eigenvalue weighted by atomic mass is 32.2. The first-order chi connectivity index (χ1) is 12.1. The molecule has 0 radical (unpaired) electrons. The zero-order valence-corrected chi connectivity index (χ0v) is 15.3. The molecule has 0 aliphatic carbocycles. The molecular formula is C20H21N3OS. The molecule has 0 aromatic heterocycles. The van der Waals surface area contributed by atoms with Crippen molar-refractivity contribution in [3.63, 3.8) is 0 Å². The monoisotopic (exact) mass is 351 g/mol. The molecule has 0 bridgehead atoms. The largest absolute Gasteiger partial charge is 0.369 e. The lowest BCUT2D eigenvalue weighted by Gasteiger charge is -2.40. The van der Waals surface area contributed by atoms with Crippen molar-refractivity contribution < 1.29 is 4.79 Å². The molecule has 1 unspecified atom stereocenters. The van der Waals surface area contributed by atoms with Crippen LogP contribution >= 0.6 is 11.9 Å². The third-order valence-corrected chi connectivity index (χ3v) is 5.67. The predicted molar refractivity (Wildman–Crippen MR) is 102 cm³/mol. The number of carbonyl (C=O) groups excluding carboxylic acids is 1. The van der Waals surface area contributed by atoms with Crippen LogP contribution in [0.5, 0.6) is 0 Å². The van der Waals surface area contributed by atoms with Gasteiger partial charge in [0.05, 0.1) is 11.6 Å². The van der Waals surface area contributed by atoms with Crippen molar-refractivity contribution in [3.05, 3.63) is 59.7 Å². The van der Waals surface area contributed by atoms with Crippen LogP contribution in [0.1, 0.15) is 29.8 Å². The van der Waals surface area contributed by atoms with E-state index < -0.39 is 0 Å². The zero-order valence-electron chi connectivity index (χ0n) is 14.5. The molecule has 25 heavy (non-hydrogen) atoms. The van der Waals surface area contributed by atoms with E-state index in [0.29, 0.717) is 11.6 Å². The number of nitriles is 1. The standard InChI is InChI=1S/C20H21N3OS/c1-15-14-22(19-7-3-17(13-21)4-8-19)11-12-23(15)25-20-9-5-18(6-10-20)16(2)24/h3-10,15H,11-12,14H2,1-2H3. The molecule has 1 aliphatic rings. The van der Waals surface area contributed by atoms with Gasteiger partial charge in [-0.15, -0.1) is 0 Å². The summed E-state index contributed by atoms with van der Waals surface area (Å²) in [6, 6.07) is 18.2. The first-order valence-electron chi connectivity index (χ1n) is 8.37. The summed E-state index contributed by atoms with van der Waals surface area (Å²) in [7, 11) is 0. The molecule has 0 saturated carbocycles. The third-order valence-electron chi connectivity index (χ3n) is 4.41. The molecule has 2 aromatic carbocycles. The second-order valence-corrected chi connectivity index (χ2v) is 7.39. The van der Waals surface area contributed by atoms with Gasteiger partial charge in [0.1, 0.15) is 0 Å². The number of carbonyl (C=O) groups is 1. The van der Waals surface area contributed by atoms with Crippen LogP contribution in [-0.2, 0) is 0 Å². The van der Waals surface area contributed by atoms with Gasteiger partial charge >= 0.3 is 0 Å². The fourth-order valence-corrected chi connectivity index (χ4v) is 3.89. The van der Waals surface area contributed by atoms with Crippen LogP contribution in [0.2, 0.25) is 0 Å². The third kappa shape index (κ3) is 4.22. The fourth-order valence-electron chi connectivity index (χ4n) is 2.94.